The van der Waals surface area contributed by atoms with Crippen LogP contribution in [0.4, 0.5) is 5.69 Å². The van der Waals surface area contributed by atoms with Crippen molar-refractivity contribution in [2.75, 3.05) is 11.9 Å². The standard InChI is InChI=1S/C18H18ClN5O2S/c1-3-26-16-7-5-4-6-15(16)20-17(25)12(2)27-18-21-22-23-24(18)14-10-8-13(19)9-11-14/h4-12H,3H2,1-2H3,(H,20,25). The molecule has 3 rings (SSSR count). The number of hydrogen-bond donors (Lipinski definition) is 1. The highest BCUT2D eigenvalue weighted by Crippen LogP contribution is 2.27. The number of halogens is 1. The molecule has 1 aromatic heterocycles. The number of tetrazole rings is 1. The van der Waals surface area contributed by atoms with Crippen LogP contribution in [0.3, 0.4) is 0 Å². The van der Waals surface area contributed by atoms with Gasteiger partial charge in [0.25, 0.3) is 0 Å². The summed E-state index contributed by atoms with van der Waals surface area (Å²) in [5, 5.41) is 15.3. The summed E-state index contributed by atoms with van der Waals surface area (Å²) in [6.45, 7) is 4.21. The predicted octanol–water partition coefficient (Wildman–Crippen LogP) is 3.83. The van der Waals surface area contributed by atoms with E-state index in [1.54, 1.807) is 29.8 Å². The van der Waals surface area contributed by atoms with E-state index in [2.05, 4.69) is 20.8 Å². The van der Waals surface area contributed by atoms with Gasteiger partial charge in [0, 0.05) is 5.02 Å². The van der Waals surface area contributed by atoms with Crippen molar-refractivity contribution in [1.82, 2.24) is 20.2 Å². The Morgan fingerprint density at radius 2 is 2.00 bits per heavy atom. The number of nitrogens with zero attached hydrogens (tertiary/aromatic N) is 4. The molecule has 0 radical (unpaired) electrons. The first kappa shape index (κ1) is 19.2. The molecule has 1 N–H and O–H groups in total. The van der Waals surface area contributed by atoms with E-state index >= 15 is 0 Å². The van der Waals surface area contributed by atoms with Crippen molar-refractivity contribution in [2.45, 2.75) is 24.3 Å². The monoisotopic (exact) mass is 403 g/mol. The lowest BCUT2D eigenvalue weighted by atomic mass is 10.3. The fourth-order valence-electron chi connectivity index (χ4n) is 2.29. The molecule has 1 heterocycles. The van der Waals surface area contributed by atoms with Crippen LogP contribution in [-0.4, -0.2) is 38.0 Å². The SMILES string of the molecule is CCOc1ccccc1NC(=O)C(C)Sc1nnnn1-c1ccc(Cl)cc1. The Bertz CT molecular complexity index is 916. The Balaban J connectivity index is 1.71. The molecule has 0 fully saturated rings. The summed E-state index contributed by atoms with van der Waals surface area (Å²) in [5.74, 6) is 0.467. The Morgan fingerprint density at radius 3 is 2.74 bits per heavy atom. The Hall–Kier alpha value is -2.58. The second-order valence-electron chi connectivity index (χ2n) is 5.53. The van der Waals surface area contributed by atoms with Crippen LogP contribution >= 0.6 is 23.4 Å². The molecule has 7 nitrogen and oxygen atoms in total. The zero-order chi connectivity index (χ0) is 19.2. The van der Waals surface area contributed by atoms with Gasteiger partial charge in [-0.2, -0.15) is 4.68 Å². The average Bonchev–Trinajstić information content (AvgIpc) is 3.12. The molecule has 140 valence electrons. The molecule has 1 atom stereocenters. The maximum atomic E-state index is 12.6. The lowest BCUT2D eigenvalue weighted by Crippen LogP contribution is -2.23. The fourth-order valence-corrected chi connectivity index (χ4v) is 3.23. The van der Waals surface area contributed by atoms with Crippen LogP contribution in [0.5, 0.6) is 5.75 Å². The van der Waals surface area contributed by atoms with E-state index in [1.165, 1.54) is 11.8 Å². The third-order valence-electron chi connectivity index (χ3n) is 3.61. The van der Waals surface area contributed by atoms with E-state index in [0.717, 1.165) is 5.69 Å². The minimum Gasteiger partial charge on any atom is -0.492 e. The van der Waals surface area contributed by atoms with Crippen molar-refractivity contribution in [1.29, 1.82) is 0 Å². The first-order chi connectivity index (χ1) is 13.1. The van der Waals surface area contributed by atoms with Crippen molar-refractivity contribution in [3.05, 3.63) is 53.6 Å². The maximum absolute atomic E-state index is 12.6. The van der Waals surface area contributed by atoms with Crippen LogP contribution in [0.15, 0.2) is 53.7 Å². The number of amides is 1. The molecule has 27 heavy (non-hydrogen) atoms. The summed E-state index contributed by atoms with van der Waals surface area (Å²) >= 11 is 7.19. The Labute approximate surface area is 166 Å². The molecule has 0 spiro atoms. The number of para-hydroxylation sites is 2. The van der Waals surface area contributed by atoms with Gasteiger partial charge in [-0.1, -0.05) is 35.5 Å². The second-order valence-corrected chi connectivity index (χ2v) is 7.27. The molecule has 0 aliphatic rings. The molecule has 1 amide bonds. The normalized spacial score (nSPS) is 11.8. The van der Waals surface area contributed by atoms with E-state index in [9.17, 15) is 4.79 Å². The number of rotatable bonds is 7. The Morgan fingerprint density at radius 1 is 1.26 bits per heavy atom. The van der Waals surface area contributed by atoms with Crippen LogP contribution in [0.2, 0.25) is 5.02 Å². The summed E-state index contributed by atoms with van der Waals surface area (Å²) < 4.78 is 7.11. The van der Waals surface area contributed by atoms with Crippen molar-refractivity contribution in [2.24, 2.45) is 0 Å². The molecule has 1 unspecified atom stereocenters. The first-order valence-electron chi connectivity index (χ1n) is 8.32. The minimum absolute atomic E-state index is 0.169. The molecular formula is C18H18ClN5O2S. The zero-order valence-electron chi connectivity index (χ0n) is 14.8. The van der Waals surface area contributed by atoms with Crippen LogP contribution in [0, 0.1) is 0 Å². The largest absolute Gasteiger partial charge is 0.492 e. The van der Waals surface area contributed by atoms with Crippen LogP contribution in [0.1, 0.15) is 13.8 Å². The molecular weight excluding hydrogens is 386 g/mol. The summed E-state index contributed by atoms with van der Waals surface area (Å²) in [4.78, 5) is 12.6. The third-order valence-corrected chi connectivity index (χ3v) is 4.89. The number of carbonyl (C=O) groups excluding carboxylic acids is 1. The van der Waals surface area contributed by atoms with E-state index in [1.807, 2.05) is 37.3 Å². The molecule has 3 aromatic rings. The fraction of sp³-hybridized carbons (Fsp3) is 0.222. The molecule has 0 aliphatic carbocycles. The van der Waals surface area contributed by atoms with Crippen LogP contribution < -0.4 is 10.1 Å². The van der Waals surface area contributed by atoms with Gasteiger partial charge in [0.15, 0.2) is 0 Å². The maximum Gasteiger partial charge on any atom is 0.237 e. The van der Waals surface area contributed by atoms with Crippen LogP contribution in [-0.2, 0) is 4.79 Å². The number of ether oxygens (including phenoxy) is 1. The van der Waals surface area contributed by atoms with Gasteiger partial charge in [-0.05, 0) is 60.7 Å². The first-order valence-corrected chi connectivity index (χ1v) is 9.58. The summed E-state index contributed by atoms with van der Waals surface area (Å²) in [5.41, 5.74) is 1.40. The highest BCUT2D eigenvalue weighted by atomic mass is 35.5. The number of carbonyl (C=O) groups is 1. The van der Waals surface area contributed by atoms with E-state index < -0.39 is 5.25 Å². The van der Waals surface area contributed by atoms with Crippen molar-refractivity contribution in [3.8, 4) is 11.4 Å². The van der Waals surface area contributed by atoms with Gasteiger partial charge in [-0.25, -0.2) is 0 Å². The summed E-state index contributed by atoms with van der Waals surface area (Å²) in [6.07, 6.45) is 0. The smallest absolute Gasteiger partial charge is 0.237 e. The zero-order valence-corrected chi connectivity index (χ0v) is 16.4. The third kappa shape index (κ3) is 4.78. The van der Waals surface area contributed by atoms with Gasteiger partial charge in [0.05, 0.1) is 23.2 Å². The predicted molar refractivity (Wildman–Crippen MR) is 106 cm³/mol. The molecule has 0 bridgehead atoms. The van der Waals surface area contributed by atoms with Crippen molar-refractivity contribution in [3.63, 3.8) is 0 Å². The van der Waals surface area contributed by atoms with E-state index in [0.29, 0.717) is 28.2 Å². The Kier molecular flexibility index (Phi) is 6.31. The molecule has 0 saturated carbocycles. The van der Waals surface area contributed by atoms with Crippen LogP contribution in [0.25, 0.3) is 5.69 Å². The minimum atomic E-state index is -0.420. The van der Waals surface area contributed by atoms with Gasteiger partial charge in [-0.15, -0.1) is 5.10 Å². The topological polar surface area (TPSA) is 81.9 Å². The highest BCUT2D eigenvalue weighted by Gasteiger charge is 2.20. The molecule has 0 saturated heterocycles. The lowest BCUT2D eigenvalue weighted by molar-refractivity contribution is -0.115. The van der Waals surface area contributed by atoms with Gasteiger partial charge in [0.2, 0.25) is 11.1 Å². The van der Waals surface area contributed by atoms with Gasteiger partial charge < -0.3 is 10.1 Å². The van der Waals surface area contributed by atoms with Gasteiger partial charge >= 0.3 is 0 Å². The lowest BCUT2D eigenvalue weighted by Gasteiger charge is -2.14. The van der Waals surface area contributed by atoms with Crippen molar-refractivity contribution < 1.29 is 9.53 Å². The molecule has 0 aliphatic heterocycles. The number of hydrogen-bond acceptors (Lipinski definition) is 6. The quantitative estimate of drug-likeness (QED) is 0.603. The molecule has 2 aromatic carbocycles. The number of aromatic nitrogens is 4. The van der Waals surface area contributed by atoms with Gasteiger partial charge in [0.1, 0.15) is 5.75 Å². The highest BCUT2D eigenvalue weighted by molar-refractivity contribution is 8.00. The number of anilines is 1. The number of thioether (sulfide) groups is 1. The van der Waals surface area contributed by atoms with Gasteiger partial charge in [-0.3, -0.25) is 4.79 Å². The summed E-state index contributed by atoms with van der Waals surface area (Å²) in [7, 11) is 0. The van der Waals surface area contributed by atoms with E-state index in [-0.39, 0.29) is 5.91 Å². The van der Waals surface area contributed by atoms with Crippen molar-refractivity contribution >= 4 is 35.0 Å². The second kappa shape index (κ2) is 8.88. The average molecular weight is 404 g/mol. The molecule has 9 heteroatoms. The summed E-state index contributed by atoms with van der Waals surface area (Å²) in [6, 6.07) is 14.5. The number of nitrogens with one attached hydrogen (secondary N) is 1. The van der Waals surface area contributed by atoms with E-state index in [4.69, 9.17) is 16.3 Å². The number of benzene rings is 2.